The molecule has 0 spiro atoms. The average molecular weight is 1050 g/mol. The molecule has 0 fully saturated rings. The molecule has 2 unspecified atom stereocenters. The number of alkyl halides is 6. The summed E-state index contributed by atoms with van der Waals surface area (Å²) in [6, 6.07) is 11.8. The van der Waals surface area contributed by atoms with Crippen molar-refractivity contribution in [3.05, 3.63) is 138 Å². The van der Waals surface area contributed by atoms with Gasteiger partial charge in [-0.25, -0.2) is 0 Å². The first-order valence-electron chi connectivity index (χ1n) is 20.4. The zero-order valence-electron chi connectivity index (χ0n) is 36.7. The molecule has 366 valence electrons. The van der Waals surface area contributed by atoms with E-state index < -0.39 is 82.1 Å². The molecule has 2 atom stereocenters. The van der Waals surface area contributed by atoms with Gasteiger partial charge in [-0.05, 0) is 123 Å². The highest BCUT2D eigenvalue weighted by molar-refractivity contribution is 6.34. The van der Waals surface area contributed by atoms with E-state index in [0.29, 0.717) is 23.3 Å². The Labute approximate surface area is 414 Å². The Hall–Kier alpha value is -6.74. The van der Waals surface area contributed by atoms with Crippen molar-refractivity contribution in [1.29, 1.82) is 0 Å². The van der Waals surface area contributed by atoms with Crippen molar-refractivity contribution in [2.24, 2.45) is 20.5 Å². The zero-order valence-corrected chi connectivity index (χ0v) is 39.7. The standard InChI is InChI=1S/C46H36Cl4F6N8O6/c1-5-23-15-34(58-44(70)40(22(4)66)64-62-38-18-26(8-14-32(38)50)42(68)60-36-20-28(48)10-12-30(36)46(54,55)56)24(6-2)16-33(23)57-43(69)39(21(3)65)63-61-37-17-25(7-13-31(37)49)41(67)59-35-19-27(47)9-11-29(35)45(51,52)53/h7-20,39-40H,5-6H2,1-4H3,(H,57,69)(H,58,70)(H,59,67)(H,60,68). The summed E-state index contributed by atoms with van der Waals surface area (Å²) in [6.07, 6.45) is -9.13. The van der Waals surface area contributed by atoms with Crippen LogP contribution in [0, 0.1) is 0 Å². The van der Waals surface area contributed by atoms with E-state index in [1.807, 2.05) is 0 Å². The number of nitrogens with one attached hydrogen (secondary N) is 4. The molecule has 14 nitrogen and oxygen atoms in total. The van der Waals surface area contributed by atoms with Crippen molar-refractivity contribution in [3.8, 4) is 0 Å². The zero-order chi connectivity index (χ0) is 51.8. The highest BCUT2D eigenvalue weighted by atomic mass is 35.5. The highest BCUT2D eigenvalue weighted by Crippen LogP contribution is 2.39. The Kier molecular flexibility index (Phi) is 17.6. The van der Waals surface area contributed by atoms with Crippen molar-refractivity contribution in [2.75, 3.05) is 21.3 Å². The maximum atomic E-state index is 13.6. The summed E-state index contributed by atoms with van der Waals surface area (Å²) in [5.74, 6) is -5.40. The van der Waals surface area contributed by atoms with E-state index in [4.69, 9.17) is 46.4 Å². The lowest BCUT2D eigenvalue weighted by Gasteiger charge is -2.18. The number of carbonyl (C=O) groups excluding carboxylic acids is 6. The monoisotopic (exact) mass is 1050 g/mol. The summed E-state index contributed by atoms with van der Waals surface area (Å²) >= 11 is 24.3. The largest absolute Gasteiger partial charge is 0.418 e. The fraction of sp³-hybridized carbons (Fsp3) is 0.217. The van der Waals surface area contributed by atoms with Crippen LogP contribution in [0.2, 0.25) is 20.1 Å². The molecule has 0 aliphatic carbocycles. The van der Waals surface area contributed by atoms with Crippen LogP contribution in [0.4, 0.5) is 60.5 Å². The Morgan fingerprint density at radius 3 is 1.17 bits per heavy atom. The van der Waals surface area contributed by atoms with Gasteiger partial charge in [0.05, 0.1) is 32.5 Å². The minimum absolute atomic E-state index is 0.0730. The van der Waals surface area contributed by atoms with Crippen LogP contribution in [0.15, 0.2) is 105 Å². The van der Waals surface area contributed by atoms with Gasteiger partial charge in [0, 0.05) is 32.5 Å². The van der Waals surface area contributed by atoms with Crippen molar-refractivity contribution >= 4 is 116 Å². The first-order valence-corrected chi connectivity index (χ1v) is 21.9. The van der Waals surface area contributed by atoms with Gasteiger partial charge in [-0.2, -0.15) is 46.8 Å². The van der Waals surface area contributed by atoms with Crippen LogP contribution >= 0.6 is 46.4 Å². The molecule has 0 heterocycles. The SMILES string of the molecule is CCc1cc(NC(=O)C(N=Nc2cc(C(=O)Nc3cc(Cl)ccc3C(F)(F)F)ccc2Cl)C(C)=O)c(CC)cc1NC(=O)C(N=Nc1cc(C(=O)Nc2cc(Cl)ccc2C(F)(F)F)ccc1Cl)C(C)=O. The topological polar surface area (TPSA) is 200 Å². The van der Waals surface area contributed by atoms with E-state index >= 15 is 0 Å². The van der Waals surface area contributed by atoms with Gasteiger partial charge in [-0.1, -0.05) is 60.3 Å². The Bertz CT molecular complexity index is 2770. The number of aryl methyl sites for hydroxylation is 2. The van der Waals surface area contributed by atoms with E-state index in [2.05, 4.69) is 41.7 Å². The summed E-state index contributed by atoms with van der Waals surface area (Å²) in [7, 11) is 0. The molecule has 4 amide bonds. The minimum atomic E-state index is -4.82. The fourth-order valence-corrected chi connectivity index (χ4v) is 7.02. The number of rotatable bonds is 16. The second-order valence-corrected chi connectivity index (χ2v) is 16.6. The lowest BCUT2D eigenvalue weighted by Crippen LogP contribution is -2.33. The molecular formula is C46H36Cl4F6N8O6. The maximum Gasteiger partial charge on any atom is 0.418 e. The van der Waals surface area contributed by atoms with Crippen LogP contribution in [0.3, 0.4) is 0 Å². The average Bonchev–Trinajstić information content (AvgIpc) is 3.26. The molecule has 5 aromatic rings. The molecule has 0 bridgehead atoms. The second kappa shape index (κ2) is 22.8. The first kappa shape index (κ1) is 54.2. The molecule has 0 saturated carbocycles. The predicted octanol–water partition coefficient (Wildman–Crippen LogP) is 13.3. The summed E-state index contributed by atoms with van der Waals surface area (Å²) in [6.45, 7) is 5.58. The van der Waals surface area contributed by atoms with Crippen LogP contribution in [0.1, 0.15) is 70.7 Å². The number of azo groups is 2. The number of ketones is 2. The van der Waals surface area contributed by atoms with Gasteiger partial charge in [0.1, 0.15) is 11.4 Å². The quantitative estimate of drug-likeness (QED) is 0.0430. The van der Waals surface area contributed by atoms with Crippen molar-refractivity contribution in [1.82, 2.24) is 0 Å². The van der Waals surface area contributed by atoms with E-state index in [-0.39, 0.29) is 66.8 Å². The molecule has 4 N–H and O–H groups in total. The van der Waals surface area contributed by atoms with Crippen LogP contribution in [0.5, 0.6) is 0 Å². The lowest BCUT2D eigenvalue weighted by molar-refractivity contribution is -0.137. The summed E-state index contributed by atoms with van der Waals surface area (Å²) in [5, 5.41) is 24.9. The molecule has 5 rings (SSSR count). The van der Waals surface area contributed by atoms with Gasteiger partial charge < -0.3 is 21.3 Å². The van der Waals surface area contributed by atoms with E-state index in [1.54, 1.807) is 13.8 Å². The number of anilines is 4. The van der Waals surface area contributed by atoms with Crippen molar-refractivity contribution in [3.63, 3.8) is 0 Å². The molecule has 0 radical (unpaired) electrons. The van der Waals surface area contributed by atoms with Crippen molar-refractivity contribution < 1.29 is 55.1 Å². The number of carbonyl (C=O) groups is 6. The number of benzene rings is 5. The predicted molar refractivity (Wildman–Crippen MR) is 252 cm³/mol. The minimum Gasteiger partial charge on any atom is -0.323 e. The Balaban J connectivity index is 1.33. The second-order valence-electron chi connectivity index (χ2n) is 14.9. The molecule has 0 aliphatic rings. The van der Waals surface area contributed by atoms with Crippen LogP contribution in [-0.4, -0.2) is 47.3 Å². The van der Waals surface area contributed by atoms with E-state index in [9.17, 15) is 55.1 Å². The molecular weight excluding hydrogens is 1020 g/mol. The molecule has 0 aliphatic heterocycles. The van der Waals surface area contributed by atoms with E-state index in [0.717, 1.165) is 50.2 Å². The number of hydrogen-bond donors (Lipinski definition) is 4. The molecule has 24 heteroatoms. The molecule has 70 heavy (non-hydrogen) atoms. The normalized spacial score (nSPS) is 12.7. The van der Waals surface area contributed by atoms with Gasteiger partial charge in [0.25, 0.3) is 23.6 Å². The summed E-state index contributed by atoms with van der Waals surface area (Å²) in [4.78, 5) is 78.7. The third kappa shape index (κ3) is 13.7. The van der Waals surface area contributed by atoms with Crippen LogP contribution in [-0.2, 0) is 44.4 Å². The van der Waals surface area contributed by atoms with E-state index in [1.165, 1.54) is 36.4 Å². The number of halogens is 10. The third-order valence-electron chi connectivity index (χ3n) is 9.92. The van der Waals surface area contributed by atoms with Crippen LogP contribution < -0.4 is 21.3 Å². The summed E-state index contributed by atoms with van der Waals surface area (Å²) in [5.41, 5.74) is -3.05. The van der Waals surface area contributed by atoms with Crippen molar-refractivity contribution in [2.45, 2.75) is 65.0 Å². The van der Waals surface area contributed by atoms with Crippen LogP contribution in [0.25, 0.3) is 0 Å². The first-order chi connectivity index (χ1) is 32.8. The number of hydrogen-bond acceptors (Lipinski definition) is 10. The third-order valence-corrected chi connectivity index (χ3v) is 11.0. The summed E-state index contributed by atoms with van der Waals surface area (Å²) < 4.78 is 81.6. The Morgan fingerprint density at radius 2 is 0.857 bits per heavy atom. The number of nitrogens with zero attached hydrogens (tertiary/aromatic N) is 4. The highest BCUT2D eigenvalue weighted by Gasteiger charge is 2.35. The maximum absolute atomic E-state index is 13.6. The van der Waals surface area contributed by atoms with Gasteiger partial charge in [0.15, 0.2) is 11.6 Å². The molecule has 0 saturated heterocycles. The smallest absolute Gasteiger partial charge is 0.323 e. The molecule has 0 aromatic heterocycles. The molecule has 5 aromatic carbocycles. The van der Waals surface area contributed by atoms with Gasteiger partial charge in [0.2, 0.25) is 12.1 Å². The van der Waals surface area contributed by atoms with Gasteiger partial charge in [-0.3, -0.25) is 28.8 Å². The number of amides is 4. The Morgan fingerprint density at radius 1 is 0.500 bits per heavy atom. The van der Waals surface area contributed by atoms with Gasteiger partial charge >= 0.3 is 12.4 Å². The lowest BCUT2D eigenvalue weighted by atomic mass is 10.0. The number of Topliss-reactive ketones (excluding diaryl/α,β-unsaturated/α-hetero) is 2. The fourth-order valence-electron chi connectivity index (χ4n) is 6.37. The van der Waals surface area contributed by atoms with Gasteiger partial charge in [-0.15, -0.1) is 0 Å².